The normalized spacial score (nSPS) is 28.7. The van der Waals surface area contributed by atoms with E-state index in [0.29, 0.717) is 5.56 Å². The first-order valence-corrected chi connectivity index (χ1v) is 11.4. The van der Waals surface area contributed by atoms with Gasteiger partial charge in [-0.1, -0.05) is 38.3 Å². The zero-order valence-corrected chi connectivity index (χ0v) is 17.2. The largest absolute Gasteiger partial charge is 0.204 e. The molecular weight excluding hydrogens is 357 g/mol. The van der Waals surface area contributed by atoms with E-state index in [9.17, 15) is 13.2 Å². The van der Waals surface area contributed by atoms with Crippen LogP contribution in [-0.2, 0) is 0 Å². The van der Waals surface area contributed by atoms with Crippen molar-refractivity contribution in [3.8, 4) is 0 Å². The molecule has 1 aromatic rings. The first-order valence-electron chi connectivity index (χ1n) is 11.4. The first kappa shape index (κ1) is 21.5. The molecule has 0 nitrogen and oxygen atoms in total. The maximum Gasteiger partial charge on any atom is 0.194 e. The van der Waals surface area contributed by atoms with Gasteiger partial charge in [0.15, 0.2) is 17.5 Å². The Kier molecular flexibility index (Phi) is 8.05. The molecule has 3 rings (SSSR count). The van der Waals surface area contributed by atoms with Crippen LogP contribution in [0.5, 0.6) is 0 Å². The molecule has 0 bridgehead atoms. The molecule has 0 amide bonds. The Balaban J connectivity index is 1.37. The van der Waals surface area contributed by atoms with Gasteiger partial charge in [0.25, 0.3) is 0 Å². The lowest BCUT2D eigenvalue weighted by atomic mass is 9.74. The van der Waals surface area contributed by atoms with Crippen molar-refractivity contribution in [2.24, 2.45) is 17.8 Å². The van der Waals surface area contributed by atoms with Gasteiger partial charge >= 0.3 is 0 Å². The zero-order valence-electron chi connectivity index (χ0n) is 17.2. The monoisotopic (exact) mass is 392 g/mol. The highest BCUT2D eigenvalue weighted by molar-refractivity contribution is 5.23. The average Bonchev–Trinajstić information content (AvgIpc) is 2.71. The summed E-state index contributed by atoms with van der Waals surface area (Å²) in [5.41, 5.74) is 0.629. The number of unbranched alkanes of at least 4 members (excludes halogenated alkanes) is 1. The van der Waals surface area contributed by atoms with Crippen molar-refractivity contribution in [3.05, 3.63) is 47.3 Å². The lowest BCUT2D eigenvalue weighted by Crippen LogP contribution is -2.17. The Morgan fingerprint density at radius 3 is 1.89 bits per heavy atom. The lowest BCUT2D eigenvalue weighted by molar-refractivity contribution is 0.245. The van der Waals surface area contributed by atoms with Gasteiger partial charge in [-0.3, -0.25) is 0 Å². The minimum atomic E-state index is -1.35. The van der Waals surface area contributed by atoms with Gasteiger partial charge in [-0.05, 0) is 99.2 Å². The second-order valence-corrected chi connectivity index (χ2v) is 9.09. The van der Waals surface area contributed by atoms with Crippen LogP contribution < -0.4 is 0 Å². The van der Waals surface area contributed by atoms with Crippen molar-refractivity contribution in [2.75, 3.05) is 0 Å². The Labute approximate surface area is 168 Å². The average molecular weight is 393 g/mol. The summed E-state index contributed by atoms with van der Waals surface area (Å²) >= 11 is 0. The molecule has 3 heteroatoms. The molecule has 2 aliphatic carbocycles. The van der Waals surface area contributed by atoms with Gasteiger partial charge in [-0.25, -0.2) is 13.2 Å². The molecular formula is C25H35F3. The van der Waals surface area contributed by atoms with Crippen LogP contribution in [0.2, 0.25) is 0 Å². The van der Waals surface area contributed by atoms with Crippen LogP contribution in [0.3, 0.4) is 0 Å². The van der Waals surface area contributed by atoms with E-state index in [0.717, 1.165) is 43.4 Å². The van der Waals surface area contributed by atoms with Crippen molar-refractivity contribution < 1.29 is 13.2 Å². The van der Waals surface area contributed by atoms with E-state index in [-0.39, 0.29) is 5.92 Å². The fraction of sp³-hybridized carbons (Fsp3) is 0.680. The van der Waals surface area contributed by atoms with Crippen molar-refractivity contribution in [2.45, 2.75) is 89.9 Å². The SMILES string of the molecule is CCCC=CC1CCC(CCC2CCC(c3cc(F)c(F)c(F)c3)CC2)CC1. The van der Waals surface area contributed by atoms with Gasteiger partial charge in [0, 0.05) is 0 Å². The molecule has 0 heterocycles. The third-order valence-electron chi connectivity index (χ3n) is 7.06. The Morgan fingerprint density at radius 2 is 1.36 bits per heavy atom. The van der Waals surface area contributed by atoms with Crippen molar-refractivity contribution in [3.63, 3.8) is 0 Å². The quantitative estimate of drug-likeness (QED) is 0.323. The molecule has 0 N–H and O–H groups in total. The summed E-state index contributed by atoms with van der Waals surface area (Å²) in [5.74, 6) is -0.870. The molecule has 0 unspecified atom stereocenters. The molecule has 156 valence electrons. The van der Waals surface area contributed by atoms with Crippen LogP contribution >= 0.6 is 0 Å². The zero-order chi connectivity index (χ0) is 19.9. The molecule has 0 aromatic heterocycles. The number of hydrogen-bond acceptors (Lipinski definition) is 0. The van der Waals surface area contributed by atoms with Gasteiger partial charge in [0.2, 0.25) is 0 Å². The summed E-state index contributed by atoms with van der Waals surface area (Å²) in [7, 11) is 0. The van der Waals surface area contributed by atoms with E-state index < -0.39 is 17.5 Å². The smallest absolute Gasteiger partial charge is 0.194 e. The van der Waals surface area contributed by atoms with Crippen molar-refractivity contribution >= 4 is 0 Å². The van der Waals surface area contributed by atoms with E-state index in [1.54, 1.807) is 0 Å². The van der Waals surface area contributed by atoms with Gasteiger partial charge in [-0.15, -0.1) is 0 Å². The molecule has 0 saturated heterocycles. The van der Waals surface area contributed by atoms with Crippen LogP contribution in [0.25, 0.3) is 0 Å². The van der Waals surface area contributed by atoms with Gasteiger partial charge in [0.1, 0.15) is 0 Å². The fourth-order valence-corrected chi connectivity index (χ4v) is 5.19. The Morgan fingerprint density at radius 1 is 0.821 bits per heavy atom. The third-order valence-corrected chi connectivity index (χ3v) is 7.06. The standard InChI is InChI=1S/C25H35F3/c1-2-3-4-5-18-6-8-19(9-7-18)10-11-20-12-14-21(15-13-20)22-16-23(26)25(28)24(27)17-22/h4-5,16-21H,2-3,6-15H2,1H3. The van der Waals surface area contributed by atoms with E-state index in [4.69, 9.17) is 0 Å². The molecule has 1 aromatic carbocycles. The molecule has 2 aliphatic rings. The van der Waals surface area contributed by atoms with E-state index in [1.165, 1.54) is 63.5 Å². The number of rotatable bonds is 7. The minimum Gasteiger partial charge on any atom is -0.204 e. The second-order valence-electron chi connectivity index (χ2n) is 9.09. The third kappa shape index (κ3) is 5.87. The van der Waals surface area contributed by atoms with Crippen LogP contribution in [0.4, 0.5) is 13.2 Å². The first-order chi connectivity index (χ1) is 13.6. The summed E-state index contributed by atoms with van der Waals surface area (Å²) in [6.45, 7) is 2.23. The predicted molar refractivity (Wildman–Crippen MR) is 110 cm³/mol. The van der Waals surface area contributed by atoms with E-state index in [1.807, 2.05) is 0 Å². The maximum atomic E-state index is 13.5. The molecule has 2 fully saturated rings. The van der Waals surface area contributed by atoms with Crippen LogP contribution in [-0.4, -0.2) is 0 Å². The van der Waals surface area contributed by atoms with Gasteiger partial charge < -0.3 is 0 Å². The molecule has 0 spiro atoms. The fourth-order valence-electron chi connectivity index (χ4n) is 5.19. The molecule has 2 saturated carbocycles. The molecule has 0 atom stereocenters. The lowest BCUT2D eigenvalue weighted by Gasteiger charge is -2.31. The van der Waals surface area contributed by atoms with Crippen LogP contribution in [0.15, 0.2) is 24.3 Å². The summed E-state index contributed by atoms with van der Waals surface area (Å²) in [4.78, 5) is 0. The highest BCUT2D eigenvalue weighted by Crippen LogP contribution is 2.40. The Hall–Kier alpha value is -1.25. The highest BCUT2D eigenvalue weighted by atomic mass is 19.2. The number of hydrogen-bond donors (Lipinski definition) is 0. The summed E-state index contributed by atoms with van der Waals surface area (Å²) in [6, 6.07) is 2.38. The van der Waals surface area contributed by atoms with Crippen molar-refractivity contribution in [1.82, 2.24) is 0 Å². The number of allylic oxidation sites excluding steroid dienone is 2. The molecule has 28 heavy (non-hydrogen) atoms. The summed E-state index contributed by atoms with van der Waals surface area (Å²) < 4.78 is 40.2. The van der Waals surface area contributed by atoms with Crippen LogP contribution in [0, 0.1) is 35.2 Å². The number of benzene rings is 1. The minimum absolute atomic E-state index is 0.172. The van der Waals surface area contributed by atoms with E-state index >= 15 is 0 Å². The van der Waals surface area contributed by atoms with Crippen molar-refractivity contribution in [1.29, 1.82) is 0 Å². The second kappa shape index (κ2) is 10.5. The highest BCUT2D eigenvalue weighted by Gasteiger charge is 2.26. The summed E-state index contributed by atoms with van der Waals surface area (Å²) in [6.07, 6.45) is 19.5. The van der Waals surface area contributed by atoms with Gasteiger partial charge in [-0.2, -0.15) is 0 Å². The molecule has 0 radical (unpaired) electrons. The van der Waals surface area contributed by atoms with Gasteiger partial charge in [0.05, 0.1) is 0 Å². The van der Waals surface area contributed by atoms with E-state index in [2.05, 4.69) is 19.1 Å². The number of halogens is 3. The predicted octanol–water partition coefficient (Wildman–Crippen LogP) is 8.32. The summed E-state index contributed by atoms with van der Waals surface area (Å²) in [5, 5.41) is 0. The molecule has 0 aliphatic heterocycles. The topological polar surface area (TPSA) is 0 Å². The van der Waals surface area contributed by atoms with Crippen LogP contribution in [0.1, 0.15) is 95.5 Å². The Bertz CT molecular complexity index is 612. The maximum absolute atomic E-state index is 13.5.